The molecule has 0 fully saturated rings. The van der Waals surface area contributed by atoms with Crippen LogP contribution in [0.25, 0.3) is 143 Å². The van der Waals surface area contributed by atoms with Crippen molar-refractivity contribution >= 4 is 75.1 Å². The van der Waals surface area contributed by atoms with Crippen molar-refractivity contribution in [2.45, 2.75) is 0 Å². The highest BCUT2D eigenvalue weighted by Gasteiger charge is 2.23. The van der Waals surface area contributed by atoms with Crippen LogP contribution in [0.4, 0.5) is 0 Å². The van der Waals surface area contributed by atoms with Gasteiger partial charge in [0.05, 0.1) is 31.5 Å². The molecule has 0 saturated heterocycles. The van der Waals surface area contributed by atoms with Crippen LogP contribution in [0.15, 0.2) is 261 Å². The molecule has 75 heavy (non-hydrogen) atoms. The quantitative estimate of drug-likeness (QED) is 0.152. The molecule has 0 aliphatic heterocycles. The molecule has 0 amide bonds. The predicted octanol–water partition coefficient (Wildman–Crippen LogP) is 18.4. The molecule has 0 bridgehead atoms. The SMILES string of the molecule is c1ccc(-c2ccc(-n3c4ccccc4c4ccc5c6ccc7c8ccccc8n(-c8ccc(-c9nc(-c%10cccc(-c%11ccccc%11)c%10)nc(-c%10ccccc%10-c%10ccccc%10)n9)cc8)c7c6sc5c43)cc2)cc1. The molecule has 0 N–H and O–H groups in total. The Morgan fingerprint density at radius 3 is 1.23 bits per heavy atom. The normalized spacial score (nSPS) is 11.7. The fraction of sp³-hybridized carbons (Fsp3) is 0. The fourth-order valence-electron chi connectivity index (χ4n) is 11.3. The first-order chi connectivity index (χ1) is 37.2. The first-order valence-corrected chi connectivity index (χ1v) is 26.2. The zero-order chi connectivity index (χ0) is 49.4. The van der Waals surface area contributed by atoms with E-state index >= 15 is 0 Å². The van der Waals surface area contributed by atoms with Crippen molar-refractivity contribution in [1.29, 1.82) is 0 Å². The summed E-state index contributed by atoms with van der Waals surface area (Å²) in [5.41, 5.74) is 16.6. The molecule has 0 unspecified atom stereocenters. The van der Waals surface area contributed by atoms with Gasteiger partial charge in [0.1, 0.15) is 0 Å². The number of aromatic nitrogens is 5. The molecule has 0 aliphatic rings. The Kier molecular flexibility index (Phi) is 10.00. The Balaban J connectivity index is 0.903. The molecule has 4 heterocycles. The number of hydrogen-bond donors (Lipinski definition) is 0. The average molecular weight is 974 g/mol. The maximum Gasteiger partial charge on any atom is 0.164 e. The molecule has 4 aromatic heterocycles. The largest absolute Gasteiger partial charge is 0.308 e. The van der Waals surface area contributed by atoms with Crippen LogP contribution in [0.3, 0.4) is 0 Å². The second kappa shape index (κ2) is 17.5. The number of nitrogens with zero attached hydrogens (tertiary/aromatic N) is 5. The first-order valence-electron chi connectivity index (χ1n) is 25.3. The van der Waals surface area contributed by atoms with Gasteiger partial charge in [-0.25, -0.2) is 15.0 Å². The van der Waals surface area contributed by atoms with Crippen LogP contribution in [0.1, 0.15) is 0 Å². The van der Waals surface area contributed by atoms with Gasteiger partial charge in [-0.1, -0.05) is 206 Å². The van der Waals surface area contributed by atoms with Gasteiger partial charge in [0, 0.05) is 60.4 Å². The van der Waals surface area contributed by atoms with Crippen LogP contribution < -0.4 is 0 Å². The number of rotatable bonds is 8. The van der Waals surface area contributed by atoms with E-state index in [2.05, 4.69) is 258 Å². The third-order valence-corrected chi connectivity index (χ3v) is 16.0. The Morgan fingerprint density at radius 1 is 0.253 bits per heavy atom. The van der Waals surface area contributed by atoms with Gasteiger partial charge in [0.25, 0.3) is 0 Å². The maximum atomic E-state index is 5.28. The molecule has 15 aromatic rings. The fourth-order valence-corrected chi connectivity index (χ4v) is 12.7. The Morgan fingerprint density at radius 2 is 0.653 bits per heavy atom. The third-order valence-electron chi connectivity index (χ3n) is 14.8. The standard InChI is InChI=1S/C69H43N5S/c1-4-17-44(18-5-1)46-31-35-51(36-32-46)73-61-29-14-12-26-54(61)56-39-41-58-59-42-40-57-55-27-13-15-30-62(55)74(64(57)66(59)75-65(58)63(56)73)52-37-33-48(34-38-52)67-70-68(50-24-16-23-49(43-50)45-19-6-2-7-20-45)72-69(71-67)60-28-11-10-25-53(60)47-21-8-3-9-22-47/h1-43H. The lowest BCUT2D eigenvalue weighted by atomic mass is 9.99. The van der Waals surface area contributed by atoms with Gasteiger partial charge < -0.3 is 9.13 Å². The zero-order valence-corrected chi connectivity index (χ0v) is 41.3. The van der Waals surface area contributed by atoms with Crippen molar-refractivity contribution in [2.24, 2.45) is 0 Å². The molecule has 0 aliphatic carbocycles. The predicted molar refractivity (Wildman–Crippen MR) is 314 cm³/mol. The van der Waals surface area contributed by atoms with E-state index in [4.69, 9.17) is 15.0 Å². The molecule has 15 rings (SSSR count). The number of benzene rings is 11. The van der Waals surface area contributed by atoms with Crippen LogP contribution in [0.2, 0.25) is 0 Å². The van der Waals surface area contributed by atoms with Crippen molar-refractivity contribution in [3.8, 4) is 78.9 Å². The summed E-state index contributed by atoms with van der Waals surface area (Å²) < 4.78 is 7.46. The van der Waals surface area contributed by atoms with Crippen LogP contribution in [-0.2, 0) is 0 Å². The van der Waals surface area contributed by atoms with E-state index < -0.39 is 0 Å². The molecule has 0 atom stereocenters. The van der Waals surface area contributed by atoms with Gasteiger partial charge in [-0.15, -0.1) is 11.3 Å². The summed E-state index contributed by atoms with van der Waals surface area (Å²) in [6, 6.07) is 93.2. The van der Waals surface area contributed by atoms with E-state index in [1.807, 2.05) is 23.5 Å². The molecular formula is C69H43N5S. The van der Waals surface area contributed by atoms with Crippen molar-refractivity contribution in [1.82, 2.24) is 24.1 Å². The average Bonchev–Trinajstić information content (AvgIpc) is 4.29. The summed E-state index contributed by atoms with van der Waals surface area (Å²) in [5, 5.41) is 7.45. The van der Waals surface area contributed by atoms with Crippen molar-refractivity contribution in [3.05, 3.63) is 261 Å². The van der Waals surface area contributed by atoms with Crippen molar-refractivity contribution in [3.63, 3.8) is 0 Å². The minimum Gasteiger partial charge on any atom is -0.308 e. The highest BCUT2D eigenvalue weighted by molar-refractivity contribution is 7.27. The van der Waals surface area contributed by atoms with E-state index in [9.17, 15) is 0 Å². The monoisotopic (exact) mass is 973 g/mol. The van der Waals surface area contributed by atoms with Gasteiger partial charge in [-0.2, -0.15) is 0 Å². The first kappa shape index (κ1) is 42.9. The lowest BCUT2D eigenvalue weighted by Crippen LogP contribution is -2.01. The van der Waals surface area contributed by atoms with E-state index in [1.54, 1.807) is 0 Å². The highest BCUT2D eigenvalue weighted by Crippen LogP contribution is 2.47. The maximum absolute atomic E-state index is 5.28. The third kappa shape index (κ3) is 7.10. The molecule has 6 heteroatoms. The highest BCUT2D eigenvalue weighted by atomic mass is 32.1. The van der Waals surface area contributed by atoms with Crippen LogP contribution in [0.5, 0.6) is 0 Å². The lowest BCUT2D eigenvalue weighted by molar-refractivity contribution is 1.07. The topological polar surface area (TPSA) is 48.5 Å². The van der Waals surface area contributed by atoms with Gasteiger partial charge in [-0.3, -0.25) is 0 Å². The second-order valence-electron chi connectivity index (χ2n) is 19.1. The summed E-state index contributed by atoms with van der Waals surface area (Å²) in [6.07, 6.45) is 0. The Hall–Kier alpha value is -9.75. The molecule has 5 nitrogen and oxygen atoms in total. The van der Waals surface area contributed by atoms with Gasteiger partial charge >= 0.3 is 0 Å². The van der Waals surface area contributed by atoms with Crippen molar-refractivity contribution < 1.29 is 0 Å². The summed E-state index contributed by atoms with van der Waals surface area (Å²) in [4.78, 5) is 15.8. The summed E-state index contributed by atoms with van der Waals surface area (Å²) in [7, 11) is 0. The summed E-state index contributed by atoms with van der Waals surface area (Å²) >= 11 is 1.90. The van der Waals surface area contributed by atoms with Gasteiger partial charge in [-0.05, 0) is 88.0 Å². The zero-order valence-electron chi connectivity index (χ0n) is 40.5. The number of hydrogen-bond acceptors (Lipinski definition) is 4. The van der Waals surface area contributed by atoms with E-state index in [1.165, 1.54) is 69.4 Å². The van der Waals surface area contributed by atoms with Gasteiger partial charge in [0.15, 0.2) is 17.5 Å². The van der Waals surface area contributed by atoms with Gasteiger partial charge in [0.2, 0.25) is 0 Å². The Bertz CT molecular complexity index is 4670. The van der Waals surface area contributed by atoms with Crippen LogP contribution in [0, 0.1) is 0 Å². The molecular weight excluding hydrogens is 931 g/mol. The molecule has 11 aromatic carbocycles. The van der Waals surface area contributed by atoms with E-state index in [0.29, 0.717) is 17.5 Å². The minimum atomic E-state index is 0.609. The minimum absolute atomic E-state index is 0.609. The lowest BCUT2D eigenvalue weighted by Gasteiger charge is -2.13. The molecule has 0 saturated carbocycles. The van der Waals surface area contributed by atoms with E-state index in [0.717, 1.165) is 55.8 Å². The van der Waals surface area contributed by atoms with Crippen LogP contribution >= 0.6 is 11.3 Å². The number of thiophene rings is 1. The number of fused-ring (bicyclic) bond motifs is 11. The van der Waals surface area contributed by atoms with Crippen molar-refractivity contribution in [2.75, 3.05) is 0 Å². The van der Waals surface area contributed by atoms with E-state index in [-0.39, 0.29) is 0 Å². The number of para-hydroxylation sites is 2. The summed E-state index contributed by atoms with van der Waals surface area (Å²) in [5.74, 6) is 1.85. The summed E-state index contributed by atoms with van der Waals surface area (Å²) in [6.45, 7) is 0. The molecule has 0 radical (unpaired) electrons. The molecule has 350 valence electrons. The second-order valence-corrected chi connectivity index (χ2v) is 20.1. The molecule has 0 spiro atoms. The smallest absolute Gasteiger partial charge is 0.164 e. The Labute approximate surface area is 436 Å². The van der Waals surface area contributed by atoms with Crippen LogP contribution in [-0.4, -0.2) is 24.1 Å².